The fourth-order valence-electron chi connectivity index (χ4n) is 1.88. The molecule has 21 heavy (non-hydrogen) atoms. The quantitative estimate of drug-likeness (QED) is 0.749. The zero-order chi connectivity index (χ0) is 15.0. The molecule has 0 aliphatic heterocycles. The third kappa shape index (κ3) is 6.44. The van der Waals surface area contributed by atoms with Crippen molar-refractivity contribution in [2.45, 2.75) is 25.9 Å². The molecule has 1 rings (SSSR count). The number of amides is 1. The van der Waals surface area contributed by atoms with Gasteiger partial charge in [0.2, 0.25) is 5.91 Å². The first-order chi connectivity index (χ1) is 9.62. The maximum Gasteiger partial charge on any atom is 0.242 e. The van der Waals surface area contributed by atoms with Crippen molar-refractivity contribution in [2.24, 2.45) is 5.73 Å². The molecule has 0 aromatic heterocycles. The van der Waals surface area contributed by atoms with E-state index in [1.165, 1.54) is 5.56 Å². The topological polar surface area (TPSA) is 75.8 Å². The lowest BCUT2D eigenvalue weighted by Gasteiger charge is -2.25. The van der Waals surface area contributed by atoms with E-state index in [9.17, 15) is 4.79 Å². The molecule has 0 aliphatic rings. The van der Waals surface area contributed by atoms with E-state index in [4.69, 9.17) is 15.6 Å². The summed E-state index contributed by atoms with van der Waals surface area (Å²) >= 11 is 0. The van der Waals surface area contributed by atoms with Crippen LogP contribution in [0.1, 0.15) is 18.1 Å². The number of benzene rings is 1. The smallest absolute Gasteiger partial charge is 0.242 e. The Morgan fingerprint density at radius 2 is 1.90 bits per heavy atom. The predicted molar refractivity (Wildman–Crippen MR) is 85.4 cm³/mol. The minimum Gasteiger partial charge on any atom is -0.394 e. The van der Waals surface area contributed by atoms with E-state index in [0.717, 1.165) is 12.0 Å². The molecular weight excluding hydrogens is 292 g/mol. The molecule has 1 aromatic carbocycles. The van der Waals surface area contributed by atoms with Gasteiger partial charge in [-0.25, -0.2) is 0 Å². The molecule has 0 unspecified atom stereocenters. The van der Waals surface area contributed by atoms with Gasteiger partial charge in [-0.3, -0.25) is 4.79 Å². The highest BCUT2D eigenvalue weighted by atomic mass is 35.5. The van der Waals surface area contributed by atoms with Crippen LogP contribution in [-0.4, -0.2) is 48.8 Å². The highest BCUT2D eigenvalue weighted by molar-refractivity contribution is 5.85. The lowest BCUT2D eigenvalue weighted by atomic mass is 10.1. The number of aliphatic hydroxyl groups excluding tert-OH is 1. The number of nitrogens with zero attached hydrogens (tertiary/aromatic N) is 1. The number of carbonyl (C=O) groups excluding carboxylic acids is 1. The van der Waals surface area contributed by atoms with Crippen LogP contribution in [0.3, 0.4) is 0 Å². The van der Waals surface area contributed by atoms with E-state index in [-0.39, 0.29) is 24.9 Å². The van der Waals surface area contributed by atoms with Crippen LogP contribution in [0.5, 0.6) is 0 Å². The van der Waals surface area contributed by atoms with E-state index in [1.807, 2.05) is 12.1 Å². The first kappa shape index (κ1) is 19.9. The molecule has 0 saturated heterocycles. The molecular formula is C15H25ClN2O3. The Kier molecular flexibility index (Phi) is 9.99. The van der Waals surface area contributed by atoms with Crippen LogP contribution < -0.4 is 5.73 Å². The standard InChI is InChI=1S/C15H24N2O3.ClH/c1-3-12-4-6-13(7-5-12)10-17(8-9-20-2)15(19)14(16)11-18;/h4-7,14,18H,3,8-11,16H2,1-2H3;1H/t14-;/m1./s1. The Morgan fingerprint density at radius 3 is 2.38 bits per heavy atom. The SMILES string of the molecule is CCc1ccc(CN(CCOC)C(=O)[C@H](N)CO)cc1.Cl. The van der Waals surface area contributed by atoms with Crippen molar-refractivity contribution in [3.8, 4) is 0 Å². The van der Waals surface area contributed by atoms with Gasteiger partial charge in [0.25, 0.3) is 0 Å². The fourth-order valence-corrected chi connectivity index (χ4v) is 1.88. The first-order valence-corrected chi connectivity index (χ1v) is 6.84. The van der Waals surface area contributed by atoms with E-state index in [0.29, 0.717) is 19.7 Å². The third-order valence-corrected chi connectivity index (χ3v) is 3.20. The number of aryl methyl sites for hydroxylation is 1. The van der Waals surface area contributed by atoms with Crippen LogP contribution in [0.25, 0.3) is 0 Å². The molecule has 120 valence electrons. The number of aliphatic hydroxyl groups is 1. The molecule has 0 bridgehead atoms. The fraction of sp³-hybridized carbons (Fsp3) is 0.533. The molecule has 5 nitrogen and oxygen atoms in total. The molecule has 1 aromatic rings. The zero-order valence-electron chi connectivity index (χ0n) is 12.6. The summed E-state index contributed by atoms with van der Waals surface area (Å²) in [4.78, 5) is 13.7. The molecule has 0 saturated carbocycles. The second-order valence-corrected chi connectivity index (χ2v) is 4.71. The van der Waals surface area contributed by atoms with E-state index in [2.05, 4.69) is 19.1 Å². The van der Waals surface area contributed by atoms with Crippen LogP contribution in [-0.2, 0) is 22.5 Å². The Labute approximate surface area is 132 Å². The van der Waals surface area contributed by atoms with E-state index < -0.39 is 6.04 Å². The van der Waals surface area contributed by atoms with E-state index >= 15 is 0 Å². The minimum absolute atomic E-state index is 0. The van der Waals surface area contributed by atoms with Crippen LogP contribution in [0.15, 0.2) is 24.3 Å². The van der Waals surface area contributed by atoms with Crippen LogP contribution in [0.2, 0.25) is 0 Å². The number of methoxy groups -OCH3 is 1. The van der Waals surface area contributed by atoms with Crippen LogP contribution in [0.4, 0.5) is 0 Å². The highest BCUT2D eigenvalue weighted by Gasteiger charge is 2.20. The second kappa shape index (κ2) is 10.6. The van der Waals surface area contributed by atoms with Crippen molar-refractivity contribution in [2.75, 3.05) is 26.9 Å². The summed E-state index contributed by atoms with van der Waals surface area (Å²) in [5.74, 6) is -0.260. The van der Waals surface area contributed by atoms with Crippen molar-refractivity contribution in [3.63, 3.8) is 0 Å². The van der Waals surface area contributed by atoms with Gasteiger partial charge >= 0.3 is 0 Å². The summed E-state index contributed by atoms with van der Waals surface area (Å²) in [6.07, 6.45) is 0.988. The Balaban J connectivity index is 0.00000400. The number of rotatable bonds is 8. The number of hydrogen-bond acceptors (Lipinski definition) is 4. The lowest BCUT2D eigenvalue weighted by Crippen LogP contribution is -2.46. The molecule has 1 amide bonds. The van der Waals surface area contributed by atoms with Crippen molar-refractivity contribution in [1.82, 2.24) is 4.90 Å². The molecule has 3 N–H and O–H groups in total. The average molecular weight is 317 g/mol. The monoisotopic (exact) mass is 316 g/mol. The molecule has 1 atom stereocenters. The largest absolute Gasteiger partial charge is 0.394 e. The molecule has 0 fully saturated rings. The van der Waals surface area contributed by atoms with Crippen molar-refractivity contribution in [1.29, 1.82) is 0 Å². The van der Waals surface area contributed by atoms with Crippen molar-refractivity contribution < 1.29 is 14.6 Å². The highest BCUT2D eigenvalue weighted by Crippen LogP contribution is 2.09. The van der Waals surface area contributed by atoms with Crippen LogP contribution in [0, 0.1) is 0 Å². The normalized spacial score (nSPS) is 11.6. The summed E-state index contributed by atoms with van der Waals surface area (Å²) < 4.78 is 5.01. The molecule has 0 radical (unpaired) electrons. The summed E-state index contributed by atoms with van der Waals surface area (Å²) in [7, 11) is 1.59. The summed E-state index contributed by atoms with van der Waals surface area (Å²) in [6.45, 7) is 3.12. The van der Waals surface area contributed by atoms with Gasteiger partial charge in [-0.2, -0.15) is 0 Å². The maximum absolute atomic E-state index is 12.1. The van der Waals surface area contributed by atoms with Gasteiger partial charge in [-0.05, 0) is 17.5 Å². The average Bonchev–Trinajstić information content (AvgIpc) is 2.50. The maximum atomic E-state index is 12.1. The number of halogens is 1. The number of ether oxygens (including phenoxy) is 1. The second-order valence-electron chi connectivity index (χ2n) is 4.71. The summed E-state index contributed by atoms with van der Waals surface area (Å²) in [6, 6.07) is 7.26. The van der Waals surface area contributed by atoms with Gasteiger partial charge in [0.05, 0.1) is 13.2 Å². The zero-order valence-corrected chi connectivity index (χ0v) is 13.4. The Morgan fingerprint density at radius 1 is 1.33 bits per heavy atom. The molecule has 0 spiro atoms. The first-order valence-electron chi connectivity index (χ1n) is 6.84. The van der Waals surface area contributed by atoms with Crippen molar-refractivity contribution in [3.05, 3.63) is 35.4 Å². The Bertz CT molecular complexity index is 412. The molecule has 0 aliphatic carbocycles. The summed E-state index contributed by atoms with van der Waals surface area (Å²) in [5, 5.41) is 9.01. The van der Waals surface area contributed by atoms with Gasteiger partial charge in [0.1, 0.15) is 6.04 Å². The van der Waals surface area contributed by atoms with Gasteiger partial charge < -0.3 is 20.5 Å². The van der Waals surface area contributed by atoms with Gasteiger partial charge in [-0.1, -0.05) is 31.2 Å². The number of carbonyl (C=O) groups is 1. The molecule has 6 heteroatoms. The van der Waals surface area contributed by atoms with Crippen molar-refractivity contribution >= 4 is 18.3 Å². The van der Waals surface area contributed by atoms with E-state index in [1.54, 1.807) is 12.0 Å². The van der Waals surface area contributed by atoms with Gasteiger partial charge in [0.15, 0.2) is 0 Å². The van der Waals surface area contributed by atoms with Gasteiger partial charge in [-0.15, -0.1) is 12.4 Å². The predicted octanol–water partition coefficient (Wildman–Crippen LogP) is 0.965. The third-order valence-electron chi connectivity index (χ3n) is 3.20. The summed E-state index contributed by atoms with van der Waals surface area (Å²) in [5.41, 5.74) is 7.90. The minimum atomic E-state index is -0.873. The number of hydrogen-bond donors (Lipinski definition) is 2. The van der Waals surface area contributed by atoms with Crippen LogP contribution >= 0.6 is 12.4 Å². The lowest BCUT2D eigenvalue weighted by molar-refractivity contribution is -0.134. The van der Waals surface area contributed by atoms with Gasteiger partial charge in [0, 0.05) is 20.2 Å². The molecule has 0 heterocycles. The Hall–Kier alpha value is -1.14. The number of nitrogens with two attached hydrogens (primary N) is 1.